The lowest BCUT2D eigenvalue weighted by Gasteiger charge is -2.17. The largest absolute Gasteiger partial charge is 0.474 e. The molecule has 1 rings (SSSR count). The quantitative estimate of drug-likeness (QED) is 0.687. The molecular formula is C15H23NO. The zero-order valence-corrected chi connectivity index (χ0v) is 11.4. The maximum absolute atomic E-state index is 5.96. The minimum absolute atomic E-state index is 0.241. The minimum Gasteiger partial charge on any atom is -0.474 e. The van der Waals surface area contributed by atoms with Crippen LogP contribution < -0.4 is 4.74 Å². The van der Waals surface area contributed by atoms with Crippen molar-refractivity contribution in [3.8, 4) is 5.88 Å². The van der Waals surface area contributed by atoms with Crippen molar-refractivity contribution in [2.75, 3.05) is 0 Å². The van der Waals surface area contributed by atoms with Crippen molar-refractivity contribution in [1.29, 1.82) is 0 Å². The monoisotopic (exact) mass is 233 g/mol. The predicted molar refractivity (Wildman–Crippen MR) is 72.5 cm³/mol. The van der Waals surface area contributed by atoms with E-state index < -0.39 is 0 Å². The van der Waals surface area contributed by atoms with Crippen molar-refractivity contribution in [3.63, 3.8) is 0 Å². The maximum Gasteiger partial charge on any atom is 0.213 e. The molecule has 0 bridgehead atoms. The van der Waals surface area contributed by atoms with Crippen LogP contribution >= 0.6 is 0 Å². The topological polar surface area (TPSA) is 22.1 Å². The van der Waals surface area contributed by atoms with Crippen molar-refractivity contribution < 1.29 is 4.74 Å². The Bertz CT molecular complexity index is 351. The van der Waals surface area contributed by atoms with E-state index in [1.54, 1.807) is 0 Å². The first-order valence-corrected chi connectivity index (χ1v) is 6.38. The lowest BCUT2D eigenvalue weighted by molar-refractivity contribution is 0.185. The highest BCUT2D eigenvalue weighted by Crippen LogP contribution is 2.16. The standard InChI is InChI=1S/C15H23NO/c1-5-7-9-14(8-6-2)17-15-11-12(3)10-13(4)16-15/h5,7,10-11,14H,6,8-9H2,1-4H3/b7-5+/t14-/m1/s1. The third kappa shape index (κ3) is 5.03. The van der Waals surface area contributed by atoms with Gasteiger partial charge < -0.3 is 4.74 Å². The molecule has 0 saturated carbocycles. The van der Waals surface area contributed by atoms with Gasteiger partial charge in [-0.15, -0.1) is 0 Å². The number of rotatable bonds is 6. The van der Waals surface area contributed by atoms with E-state index in [4.69, 9.17) is 4.74 Å². The van der Waals surface area contributed by atoms with E-state index in [0.717, 1.165) is 30.8 Å². The van der Waals surface area contributed by atoms with Gasteiger partial charge in [0.1, 0.15) is 6.10 Å². The molecule has 2 heteroatoms. The number of aromatic nitrogens is 1. The molecule has 1 heterocycles. The first-order valence-electron chi connectivity index (χ1n) is 6.38. The van der Waals surface area contributed by atoms with Crippen molar-refractivity contribution >= 4 is 0 Å². The molecule has 94 valence electrons. The molecule has 0 fully saturated rings. The van der Waals surface area contributed by atoms with Gasteiger partial charge in [0, 0.05) is 18.2 Å². The molecule has 0 aliphatic heterocycles. The third-order valence-electron chi connectivity index (χ3n) is 2.61. The zero-order valence-electron chi connectivity index (χ0n) is 11.4. The van der Waals surface area contributed by atoms with E-state index in [2.05, 4.69) is 37.0 Å². The fraction of sp³-hybridized carbons (Fsp3) is 0.533. The van der Waals surface area contributed by atoms with Gasteiger partial charge >= 0.3 is 0 Å². The SMILES string of the molecule is C/C=C/C[C@@H](CCC)Oc1cc(C)cc(C)n1. The van der Waals surface area contributed by atoms with Crippen LogP contribution in [-0.4, -0.2) is 11.1 Å². The van der Waals surface area contributed by atoms with Gasteiger partial charge in [0.15, 0.2) is 0 Å². The van der Waals surface area contributed by atoms with E-state index in [-0.39, 0.29) is 6.10 Å². The molecule has 0 spiro atoms. The Morgan fingerprint density at radius 2 is 2.12 bits per heavy atom. The van der Waals surface area contributed by atoms with Crippen LogP contribution in [0.25, 0.3) is 0 Å². The fourth-order valence-electron chi connectivity index (χ4n) is 1.87. The van der Waals surface area contributed by atoms with E-state index in [0.29, 0.717) is 0 Å². The van der Waals surface area contributed by atoms with E-state index in [1.807, 2.05) is 19.9 Å². The summed E-state index contributed by atoms with van der Waals surface area (Å²) >= 11 is 0. The highest BCUT2D eigenvalue weighted by molar-refractivity contribution is 5.23. The van der Waals surface area contributed by atoms with Crippen LogP contribution in [0.15, 0.2) is 24.3 Å². The number of aryl methyl sites for hydroxylation is 2. The fourth-order valence-corrected chi connectivity index (χ4v) is 1.87. The van der Waals surface area contributed by atoms with Gasteiger partial charge in [-0.3, -0.25) is 0 Å². The second-order valence-corrected chi connectivity index (χ2v) is 4.46. The Morgan fingerprint density at radius 1 is 1.35 bits per heavy atom. The molecule has 0 saturated heterocycles. The average Bonchev–Trinajstić information content (AvgIpc) is 2.24. The zero-order chi connectivity index (χ0) is 12.7. The molecule has 0 amide bonds. The van der Waals surface area contributed by atoms with E-state index >= 15 is 0 Å². The van der Waals surface area contributed by atoms with Gasteiger partial charge in [-0.05, 0) is 38.8 Å². The number of pyridine rings is 1. The highest BCUT2D eigenvalue weighted by atomic mass is 16.5. The molecule has 1 atom stereocenters. The highest BCUT2D eigenvalue weighted by Gasteiger charge is 2.09. The van der Waals surface area contributed by atoms with Gasteiger partial charge in [0.25, 0.3) is 0 Å². The smallest absolute Gasteiger partial charge is 0.213 e. The van der Waals surface area contributed by atoms with Gasteiger partial charge in [0.05, 0.1) is 0 Å². The summed E-state index contributed by atoms with van der Waals surface area (Å²) in [6.45, 7) is 8.29. The Kier molecular flexibility index (Phi) is 5.75. The van der Waals surface area contributed by atoms with Gasteiger partial charge in [0.2, 0.25) is 5.88 Å². The molecule has 0 aliphatic rings. The van der Waals surface area contributed by atoms with Crippen molar-refractivity contribution in [2.45, 2.75) is 53.1 Å². The normalized spacial score (nSPS) is 12.9. The van der Waals surface area contributed by atoms with Gasteiger partial charge in [-0.25, -0.2) is 4.98 Å². The van der Waals surface area contributed by atoms with Crippen LogP contribution in [0.3, 0.4) is 0 Å². The third-order valence-corrected chi connectivity index (χ3v) is 2.61. The summed E-state index contributed by atoms with van der Waals surface area (Å²) < 4.78 is 5.96. The van der Waals surface area contributed by atoms with Crippen molar-refractivity contribution in [1.82, 2.24) is 4.98 Å². The van der Waals surface area contributed by atoms with Crippen LogP contribution in [0.4, 0.5) is 0 Å². The van der Waals surface area contributed by atoms with Crippen molar-refractivity contribution in [3.05, 3.63) is 35.5 Å². The summed E-state index contributed by atoms with van der Waals surface area (Å²) in [6.07, 6.45) is 7.62. The molecule has 0 N–H and O–H groups in total. The molecule has 0 aromatic carbocycles. The van der Waals surface area contributed by atoms with Crippen LogP contribution in [0.5, 0.6) is 5.88 Å². The van der Waals surface area contributed by atoms with E-state index in [9.17, 15) is 0 Å². The Hall–Kier alpha value is -1.31. The summed E-state index contributed by atoms with van der Waals surface area (Å²) in [4.78, 5) is 4.42. The summed E-state index contributed by atoms with van der Waals surface area (Å²) in [6, 6.07) is 4.07. The second-order valence-electron chi connectivity index (χ2n) is 4.46. The molecular weight excluding hydrogens is 210 g/mol. The number of allylic oxidation sites excluding steroid dienone is 1. The van der Waals surface area contributed by atoms with Crippen molar-refractivity contribution in [2.24, 2.45) is 0 Å². The lowest BCUT2D eigenvalue weighted by Crippen LogP contribution is -2.16. The Morgan fingerprint density at radius 3 is 2.71 bits per heavy atom. The summed E-state index contributed by atoms with van der Waals surface area (Å²) in [5.74, 6) is 0.755. The molecule has 1 aromatic rings. The maximum atomic E-state index is 5.96. The first-order chi connectivity index (χ1) is 8.15. The summed E-state index contributed by atoms with van der Waals surface area (Å²) in [7, 11) is 0. The number of hydrogen-bond donors (Lipinski definition) is 0. The Balaban J connectivity index is 2.70. The number of ether oxygens (including phenoxy) is 1. The van der Waals surface area contributed by atoms with Gasteiger partial charge in [-0.1, -0.05) is 25.5 Å². The molecule has 0 unspecified atom stereocenters. The molecule has 2 nitrogen and oxygen atoms in total. The first kappa shape index (κ1) is 13.8. The molecule has 0 radical (unpaired) electrons. The molecule has 1 aromatic heterocycles. The number of hydrogen-bond acceptors (Lipinski definition) is 2. The molecule has 17 heavy (non-hydrogen) atoms. The lowest BCUT2D eigenvalue weighted by atomic mass is 10.1. The van der Waals surface area contributed by atoms with Crippen LogP contribution in [0.2, 0.25) is 0 Å². The predicted octanol–water partition coefficient (Wildman–Crippen LogP) is 4.21. The molecule has 0 aliphatic carbocycles. The van der Waals surface area contributed by atoms with Crippen LogP contribution in [0.1, 0.15) is 44.4 Å². The summed E-state index contributed by atoms with van der Waals surface area (Å²) in [5, 5.41) is 0. The number of nitrogens with zero attached hydrogens (tertiary/aromatic N) is 1. The minimum atomic E-state index is 0.241. The summed E-state index contributed by atoms with van der Waals surface area (Å²) in [5.41, 5.74) is 2.22. The van der Waals surface area contributed by atoms with Gasteiger partial charge in [-0.2, -0.15) is 0 Å². The van der Waals surface area contributed by atoms with E-state index in [1.165, 1.54) is 5.56 Å². The average molecular weight is 233 g/mol. The van der Waals surface area contributed by atoms with Crippen LogP contribution in [0, 0.1) is 13.8 Å². The van der Waals surface area contributed by atoms with Crippen LogP contribution in [-0.2, 0) is 0 Å². The second kappa shape index (κ2) is 7.10. The Labute approximate surface area is 105 Å².